The Morgan fingerprint density at radius 2 is 1.90 bits per heavy atom. The number of carbonyl (C=O) groups is 1. The van der Waals surface area contributed by atoms with E-state index in [-0.39, 0.29) is 5.91 Å². The summed E-state index contributed by atoms with van der Waals surface area (Å²) in [5.74, 6) is -0.114. The van der Waals surface area contributed by atoms with Crippen molar-refractivity contribution >= 4 is 16.8 Å². The molecule has 2 N–H and O–H groups in total. The van der Waals surface area contributed by atoms with Gasteiger partial charge in [-0.15, -0.1) is 0 Å². The Labute approximate surface area is 122 Å². The summed E-state index contributed by atoms with van der Waals surface area (Å²) in [6.07, 6.45) is 1.72. The number of H-pyrrole nitrogens is 1. The van der Waals surface area contributed by atoms with E-state index in [1.54, 1.807) is 18.3 Å². The van der Waals surface area contributed by atoms with E-state index in [9.17, 15) is 4.79 Å². The van der Waals surface area contributed by atoms with Crippen molar-refractivity contribution in [2.24, 2.45) is 0 Å². The number of nitrogens with one attached hydrogen (secondary N) is 2. The smallest absolute Gasteiger partial charge is 0.253 e. The van der Waals surface area contributed by atoms with Crippen molar-refractivity contribution in [3.63, 3.8) is 0 Å². The lowest BCUT2D eigenvalue weighted by Crippen LogP contribution is -2.22. The molecule has 2 aromatic carbocycles. The highest BCUT2D eigenvalue weighted by Crippen LogP contribution is 2.17. The molecule has 102 valence electrons. The van der Waals surface area contributed by atoms with Crippen LogP contribution in [0.1, 0.15) is 21.5 Å². The fourth-order valence-electron chi connectivity index (χ4n) is 2.23. The molecule has 3 rings (SSSR count). The van der Waals surface area contributed by atoms with Crippen molar-refractivity contribution in [1.29, 1.82) is 5.26 Å². The van der Waals surface area contributed by atoms with Crippen LogP contribution in [0.15, 0.2) is 54.7 Å². The molecule has 4 nitrogen and oxygen atoms in total. The topological polar surface area (TPSA) is 68.7 Å². The summed E-state index contributed by atoms with van der Waals surface area (Å²) >= 11 is 0. The number of rotatable bonds is 3. The van der Waals surface area contributed by atoms with E-state index in [0.717, 1.165) is 16.5 Å². The number of aromatic amines is 1. The zero-order valence-corrected chi connectivity index (χ0v) is 11.3. The molecule has 0 bridgehead atoms. The molecule has 3 aromatic rings. The minimum Gasteiger partial charge on any atom is -0.360 e. The lowest BCUT2D eigenvalue weighted by atomic mass is 10.1. The predicted molar refractivity (Wildman–Crippen MR) is 80.6 cm³/mol. The van der Waals surface area contributed by atoms with Gasteiger partial charge in [0.1, 0.15) is 0 Å². The summed E-state index contributed by atoms with van der Waals surface area (Å²) in [5.41, 5.74) is 3.16. The summed E-state index contributed by atoms with van der Waals surface area (Å²) in [4.78, 5) is 15.3. The molecule has 0 aliphatic rings. The van der Waals surface area contributed by atoms with Gasteiger partial charge in [0.2, 0.25) is 0 Å². The van der Waals surface area contributed by atoms with E-state index >= 15 is 0 Å². The Bertz CT molecular complexity index is 825. The fraction of sp³-hybridized carbons (Fsp3) is 0.0588. The summed E-state index contributed by atoms with van der Waals surface area (Å²) in [7, 11) is 0. The fourth-order valence-corrected chi connectivity index (χ4v) is 2.23. The number of hydrogen-bond donors (Lipinski definition) is 2. The molecule has 0 saturated carbocycles. The molecule has 0 spiro atoms. The number of aromatic nitrogens is 1. The molecule has 0 aliphatic carbocycles. The largest absolute Gasteiger partial charge is 0.360 e. The molecule has 21 heavy (non-hydrogen) atoms. The maximum atomic E-state index is 12.2. The van der Waals surface area contributed by atoms with Crippen LogP contribution in [0.2, 0.25) is 0 Å². The van der Waals surface area contributed by atoms with Crippen LogP contribution in [-0.2, 0) is 6.54 Å². The normalized spacial score (nSPS) is 10.2. The molecular formula is C17H13N3O. The molecule has 0 radical (unpaired) electrons. The number of carbonyl (C=O) groups excluding carboxylic acids is 1. The standard InChI is InChI=1S/C17H13N3O/c18-9-12-5-7-13(8-6-12)10-20-17(21)15-11-19-16-4-2-1-3-14(15)16/h1-8,11,19H,10H2,(H,20,21). The van der Waals surface area contributed by atoms with Crippen molar-refractivity contribution in [1.82, 2.24) is 10.3 Å². The van der Waals surface area contributed by atoms with E-state index in [4.69, 9.17) is 5.26 Å². The highest BCUT2D eigenvalue weighted by atomic mass is 16.1. The Hall–Kier alpha value is -3.06. The molecule has 1 aromatic heterocycles. The van der Waals surface area contributed by atoms with Crippen LogP contribution in [0.25, 0.3) is 10.9 Å². The highest BCUT2D eigenvalue weighted by molar-refractivity contribution is 6.06. The second-order valence-corrected chi connectivity index (χ2v) is 4.74. The molecule has 0 atom stereocenters. The minimum absolute atomic E-state index is 0.114. The number of benzene rings is 2. The van der Waals surface area contributed by atoms with Gasteiger partial charge in [-0.3, -0.25) is 4.79 Å². The predicted octanol–water partition coefficient (Wildman–Crippen LogP) is 2.97. The average Bonchev–Trinajstić information content (AvgIpc) is 2.97. The third-order valence-corrected chi connectivity index (χ3v) is 3.37. The SMILES string of the molecule is N#Cc1ccc(CNC(=O)c2c[nH]c3ccccc23)cc1. The first-order chi connectivity index (χ1) is 10.3. The van der Waals surface area contributed by atoms with Crippen LogP contribution in [0, 0.1) is 11.3 Å². The van der Waals surface area contributed by atoms with Gasteiger partial charge in [-0.2, -0.15) is 5.26 Å². The van der Waals surface area contributed by atoms with Crippen LogP contribution in [0.5, 0.6) is 0 Å². The summed E-state index contributed by atoms with van der Waals surface area (Å²) in [5, 5.41) is 12.6. The third kappa shape index (κ3) is 2.63. The second kappa shape index (κ2) is 5.51. The quantitative estimate of drug-likeness (QED) is 0.771. The maximum Gasteiger partial charge on any atom is 0.253 e. The first-order valence-electron chi connectivity index (χ1n) is 6.61. The van der Waals surface area contributed by atoms with Crippen LogP contribution in [0.4, 0.5) is 0 Å². The number of hydrogen-bond acceptors (Lipinski definition) is 2. The summed E-state index contributed by atoms with van der Waals surface area (Å²) < 4.78 is 0. The number of nitriles is 1. The van der Waals surface area contributed by atoms with E-state index in [0.29, 0.717) is 17.7 Å². The summed E-state index contributed by atoms with van der Waals surface area (Å²) in [6.45, 7) is 0.435. The van der Waals surface area contributed by atoms with Gasteiger partial charge >= 0.3 is 0 Å². The van der Waals surface area contributed by atoms with E-state index in [1.165, 1.54) is 0 Å². The minimum atomic E-state index is -0.114. The number of nitrogens with zero attached hydrogens (tertiary/aromatic N) is 1. The maximum absolute atomic E-state index is 12.2. The molecule has 0 saturated heterocycles. The van der Waals surface area contributed by atoms with Crippen LogP contribution < -0.4 is 5.32 Å². The average molecular weight is 275 g/mol. The van der Waals surface area contributed by atoms with E-state index < -0.39 is 0 Å². The van der Waals surface area contributed by atoms with Crippen molar-refractivity contribution in [2.45, 2.75) is 6.54 Å². The zero-order chi connectivity index (χ0) is 14.7. The van der Waals surface area contributed by atoms with Crippen molar-refractivity contribution in [3.8, 4) is 6.07 Å². The zero-order valence-electron chi connectivity index (χ0n) is 11.3. The van der Waals surface area contributed by atoms with Gasteiger partial charge in [-0.1, -0.05) is 30.3 Å². The Balaban J connectivity index is 1.73. The van der Waals surface area contributed by atoms with Gasteiger partial charge in [0.15, 0.2) is 0 Å². The van der Waals surface area contributed by atoms with Gasteiger partial charge in [-0.05, 0) is 23.8 Å². The molecule has 0 unspecified atom stereocenters. The molecular weight excluding hydrogens is 262 g/mol. The molecule has 0 fully saturated rings. The van der Waals surface area contributed by atoms with Crippen molar-refractivity contribution in [2.75, 3.05) is 0 Å². The molecule has 1 heterocycles. The van der Waals surface area contributed by atoms with E-state index in [1.807, 2.05) is 36.4 Å². The van der Waals surface area contributed by atoms with Crippen LogP contribution in [0.3, 0.4) is 0 Å². The second-order valence-electron chi connectivity index (χ2n) is 4.74. The lowest BCUT2D eigenvalue weighted by molar-refractivity contribution is 0.0952. The van der Waals surface area contributed by atoms with Crippen molar-refractivity contribution in [3.05, 3.63) is 71.4 Å². The van der Waals surface area contributed by atoms with Gasteiger partial charge in [0.25, 0.3) is 5.91 Å². The van der Waals surface area contributed by atoms with Crippen molar-refractivity contribution < 1.29 is 4.79 Å². The summed E-state index contributed by atoms with van der Waals surface area (Å²) in [6, 6.07) is 16.9. The Morgan fingerprint density at radius 1 is 1.14 bits per heavy atom. The first kappa shape index (κ1) is 12.9. The van der Waals surface area contributed by atoms with Gasteiger partial charge in [0, 0.05) is 23.6 Å². The lowest BCUT2D eigenvalue weighted by Gasteiger charge is -2.04. The van der Waals surface area contributed by atoms with Gasteiger partial charge < -0.3 is 10.3 Å². The van der Waals surface area contributed by atoms with Gasteiger partial charge in [-0.25, -0.2) is 0 Å². The highest BCUT2D eigenvalue weighted by Gasteiger charge is 2.10. The molecule has 1 amide bonds. The molecule has 4 heteroatoms. The number of amides is 1. The number of para-hydroxylation sites is 1. The Kier molecular flexibility index (Phi) is 3.40. The number of fused-ring (bicyclic) bond motifs is 1. The first-order valence-corrected chi connectivity index (χ1v) is 6.61. The third-order valence-electron chi connectivity index (χ3n) is 3.37. The van der Waals surface area contributed by atoms with E-state index in [2.05, 4.69) is 16.4 Å². The van der Waals surface area contributed by atoms with Crippen LogP contribution >= 0.6 is 0 Å². The monoisotopic (exact) mass is 275 g/mol. The van der Waals surface area contributed by atoms with Crippen LogP contribution in [-0.4, -0.2) is 10.9 Å². The Morgan fingerprint density at radius 3 is 2.67 bits per heavy atom. The van der Waals surface area contributed by atoms with Gasteiger partial charge in [0.05, 0.1) is 17.2 Å². The molecule has 0 aliphatic heterocycles.